The van der Waals surface area contributed by atoms with Crippen molar-refractivity contribution in [2.24, 2.45) is 0 Å². The fraction of sp³-hybridized carbons (Fsp3) is 0.412. The highest BCUT2D eigenvalue weighted by Gasteiger charge is 2.46. The van der Waals surface area contributed by atoms with E-state index < -0.39 is 5.82 Å². The zero-order chi connectivity index (χ0) is 16.6. The summed E-state index contributed by atoms with van der Waals surface area (Å²) >= 11 is 0. The fourth-order valence-electron chi connectivity index (χ4n) is 3.68. The Kier molecular flexibility index (Phi) is 3.63. The number of aromatic nitrogens is 3. The minimum Gasteiger partial charge on any atom is -0.350 e. The second kappa shape index (κ2) is 5.81. The van der Waals surface area contributed by atoms with E-state index in [0.717, 1.165) is 37.9 Å². The Morgan fingerprint density at radius 1 is 1.17 bits per heavy atom. The number of hydrogen-bond donors (Lipinski definition) is 1. The molecule has 1 N–H and O–H groups in total. The van der Waals surface area contributed by atoms with Crippen LogP contribution in [0.15, 0.2) is 36.9 Å². The maximum atomic E-state index is 12.9. The van der Waals surface area contributed by atoms with Gasteiger partial charge in [-0.05, 0) is 37.0 Å². The van der Waals surface area contributed by atoms with Crippen molar-refractivity contribution in [2.75, 3.05) is 18.0 Å². The Balaban J connectivity index is 1.45. The van der Waals surface area contributed by atoms with Gasteiger partial charge in [-0.15, -0.1) is 0 Å². The van der Waals surface area contributed by atoms with Gasteiger partial charge in [0.1, 0.15) is 0 Å². The molecular formula is C17H18FN5O. The molecule has 4 rings (SSSR count). The summed E-state index contributed by atoms with van der Waals surface area (Å²) in [5.74, 6) is 0.0889. The minimum absolute atomic E-state index is 0.0904. The van der Waals surface area contributed by atoms with Crippen LogP contribution in [0.25, 0.3) is 0 Å². The Morgan fingerprint density at radius 3 is 2.50 bits per heavy atom. The standard InChI is InChI=1S/C17H18FN5O/c18-13-10-20-16(21-11-13)23-7-3-17(4-8-23)9-14(15(24)22-17)12-1-5-19-6-2-12/h1-2,5-6,10-11,14H,3-4,7-9H2,(H,22,24)/t14-/m0/s1. The molecule has 24 heavy (non-hydrogen) atoms. The highest BCUT2D eigenvalue weighted by Crippen LogP contribution is 2.39. The van der Waals surface area contributed by atoms with Crippen LogP contribution in [0.1, 0.15) is 30.7 Å². The van der Waals surface area contributed by atoms with E-state index in [1.54, 1.807) is 12.4 Å². The predicted octanol–water partition coefficient (Wildman–Crippen LogP) is 1.65. The summed E-state index contributed by atoms with van der Waals surface area (Å²) in [6.45, 7) is 1.49. The number of rotatable bonds is 2. The predicted molar refractivity (Wildman–Crippen MR) is 85.9 cm³/mol. The van der Waals surface area contributed by atoms with E-state index in [-0.39, 0.29) is 17.4 Å². The smallest absolute Gasteiger partial charge is 0.228 e. The topological polar surface area (TPSA) is 71.0 Å². The van der Waals surface area contributed by atoms with E-state index in [9.17, 15) is 9.18 Å². The molecule has 2 aliphatic heterocycles. The normalized spacial score (nSPS) is 22.6. The van der Waals surface area contributed by atoms with Gasteiger partial charge in [0, 0.05) is 31.0 Å². The molecule has 2 aromatic rings. The number of carbonyl (C=O) groups excluding carboxylic acids is 1. The first-order valence-electron chi connectivity index (χ1n) is 8.10. The highest BCUT2D eigenvalue weighted by atomic mass is 19.1. The lowest BCUT2D eigenvalue weighted by molar-refractivity contribution is -0.121. The number of amides is 1. The van der Waals surface area contributed by atoms with E-state index in [0.29, 0.717) is 5.95 Å². The molecular weight excluding hydrogens is 309 g/mol. The molecule has 1 spiro atoms. The van der Waals surface area contributed by atoms with Crippen LogP contribution in [0, 0.1) is 5.82 Å². The molecule has 0 saturated carbocycles. The fourth-order valence-corrected chi connectivity index (χ4v) is 3.68. The van der Waals surface area contributed by atoms with Crippen molar-refractivity contribution in [1.29, 1.82) is 0 Å². The van der Waals surface area contributed by atoms with Gasteiger partial charge in [-0.2, -0.15) is 0 Å². The first-order chi connectivity index (χ1) is 11.7. The first kappa shape index (κ1) is 15.0. The molecule has 0 radical (unpaired) electrons. The van der Waals surface area contributed by atoms with Gasteiger partial charge >= 0.3 is 0 Å². The third-order valence-corrected chi connectivity index (χ3v) is 5.02. The van der Waals surface area contributed by atoms with Crippen molar-refractivity contribution in [2.45, 2.75) is 30.7 Å². The Morgan fingerprint density at radius 2 is 1.83 bits per heavy atom. The van der Waals surface area contributed by atoms with Crippen LogP contribution >= 0.6 is 0 Å². The number of nitrogens with zero attached hydrogens (tertiary/aromatic N) is 4. The lowest BCUT2D eigenvalue weighted by Crippen LogP contribution is -2.51. The second-order valence-corrected chi connectivity index (χ2v) is 6.50. The van der Waals surface area contributed by atoms with E-state index in [2.05, 4.69) is 20.3 Å². The molecule has 2 aliphatic rings. The summed E-state index contributed by atoms with van der Waals surface area (Å²) in [6.07, 6.45) is 8.29. The van der Waals surface area contributed by atoms with Gasteiger partial charge in [0.15, 0.2) is 5.82 Å². The number of nitrogens with one attached hydrogen (secondary N) is 1. The molecule has 2 aromatic heterocycles. The van der Waals surface area contributed by atoms with Crippen molar-refractivity contribution < 1.29 is 9.18 Å². The van der Waals surface area contributed by atoms with E-state index in [1.165, 1.54) is 12.4 Å². The lowest BCUT2D eigenvalue weighted by atomic mass is 9.82. The Labute approximate surface area is 139 Å². The molecule has 124 valence electrons. The SMILES string of the molecule is O=C1NC2(CCN(c3ncc(F)cn3)CC2)C[C@H]1c1ccncc1. The van der Waals surface area contributed by atoms with Crippen LogP contribution in [0.5, 0.6) is 0 Å². The molecule has 2 saturated heterocycles. The Hall–Kier alpha value is -2.57. The van der Waals surface area contributed by atoms with E-state index in [1.807, 2.05) is 17.0 Å². The van der Waals surface area contributed by atoms with Crippen LogP contribution in [0.2, 0.25) is 0 Å². The van der Waals surface area contributed by atoms with Crippen molar-refractivity contribution in [3.8, 4) is 0 Å². The van der Waals surface area contributed by atoms with Crippen LogP contribution in [-0.4, -0.2) is 39.5 Å². The molecule has 0 bridgehead atoms. The van der Waals surface area contributed by atoms with Gasteiger partial charge in [0.2, 0.25) is 11.9 Å². The number of pyridine rings is 1. The Bertz CT molecular complexity index is 728. The maximum Gasteiger partial charge on any atom is 0.228 e. The van der Waals surface area contributed by atoms with Crippen LogP contribution in [-0.2, 0) is 4.79 Å². The molecule has 0 aliphatic carbocycles. The quantitative estimate of drug-likeness (QED) is 0.908. The van der Waals surface area contributed by atoms with Gasteiger partial charge in [-0.25, -0.2) is 14.4 Å². The summed E-state index contributed by atoms with van der Waals surface area (Å²) < 4.78 is 12.9. The van der Waals surface area contributed by atoms with Gasteiger partial charge in [0.05, 0.1) is 18.3 Å². The van der Waals surface area contributed by atoms with Gasteiger partial charge in [0.25, 0.3) is 0 Å². The van der Waals surface area contributed by atoms with Crippen LogP contribution < -0.4 is 10.2 Å². The number of anilines is 1. The van der Waals surface area contributed by atoms with E-state index in [4.69, 9.17) is 0 Å². The molecule has 2 fully saturated rings. The van der Waals surface area contributed by atoms with Crippen LogP contribution in [0.3, 0.4) is 0 Å². The van der Waals surface area contributed by atoms with Crippen LogP contribution in [0.4, 0.5) is 10.3 Å². The van der Waals surface area contributed by atoms with Gasteiger partial charge in [-0.3, -0.25) is 9.78 Å². The molecule has 7 heteroatoms. The third-order valence-electron chi connectivity index (χ3n) is 5.02. The molecule has 1 atom stereocenters. The number of halogens is 1. The van der Waals surface area contributed by atoms with Crippen molar-refractivity contribution in [1.82, 2.24) is 20.3 Å². The lowest BCUT2D eigenvalue weighted by Gasteiger charge is -2.39. The molecule has 6 nitrogen and oxygen atoms in total. The van der Waals surface area contributed by atoms with Gasteiger partial charge < -0.3 is 10.2 Å². The summed E-state index contributed by atoms with van der Waals surface area (Å²) in [4.78, 5) is 26.6. The largest absolute Gasteiger partial charge is 0.350 e. The molecule has 4 heterocycles. The first-order valence-corrected chi connectivity index (χ1v) is 8.10. The average molecular weight is 327 g/mol. The highest BCUT2D eigenvalue weighted by molar-refractivity contribution is 5.87. The number of hydrogen-bond acceptors (Lipinski definition) is 5. The molecule has 0 aromatic carbocycles. The molecule has 1 amide bonds. The zero-order valence-electron chi connectivity index (χ0n) is 13.2. The summed E-state index contributed by atoms with van der Waals surface area (Å²) in [6, 6.07) is 3.81. The maximum absolute atomic E-state index is 12.9. The van der Waals surface area contributed by atoms with Crippen molar-refractivity contribution in [3.63, 3.8) is 0 Å². The summed E-state index contributed by atoms with van der Waals surface area (Å²) in [5, 5.41) is 3.21. The number of carbonyl (C=O) groups is 1. The zero-order valence-corrected chi connectivity index (χ0v) is 13.2. The summed E-state index contributed by atoms with van der Waals surface area (Å²) in [7, 11) is 0. The second-order valence-electron chi connectivity index (χ2n) is 6.50. The monoisotopic (exact) mass is 327 g/mol. The number of piperidine rings is 1. The van der Waals surface area contributed by atoms with Crippen molar-refractivity contribution >= 4 is 11.9 Å². The third kappa shape index (κ3) is 2.70. The van der Waals surface area contributed by atoms with E-state index >= 15 is 0 Å². The minimum atomic E-state index is -0.435. The molecule has 0 unspecified atom stereocenters. The average Bonchev–Trinajstić information content (AvgIpc) is 2.93. The summed E-state index contributed by atoms with van der Waals surface area (Å²) in [5.41, 5.74) is 0.852. The van der Waals surface area contributed by atoms with Crippen molar-refractivity contribution in [3.05, 3.63) is 48.3 Å². The van der Waals surface area contributed by atoms with Gasteiger partial charge in [-0.1, -0.05) is 0 Å².